The first kappa shape index (κ1) is 16.0. The van der Waals surface area contributed by atoms with Gasteiger partial charge in [0.2, 0.25) is 0 Å². The molecular weight excluding hydrogens is 257 g/mol. The van der Waals surface area contributed by atoms with Crippen LogP contribution >= 0.6 is 0 Å². The van der Waals surface area contributed by atoms with Crippen molar-refractivity contribution in [1.82, 2.24) is 4.23 Å². The third kappa shape index (κ3) is 3.73. The average molecular weight is 285 g/mol. The van der Waals surface area contributed by atoms with Crippen LogP contribution < -0.4 is 0 Å². The highest BCUT2D eigenvalue weighted by Gasteiger charge is 2.46. The van der Waals surface area contributed by atoms with Gasteiger partial charge in [0, 0.05) is 6.44 Å². The van der Waals surface area contributed by atoms with E-state index in [0.717, 1.165) is 12.2 Å². The molecule has 0 aromatic heterocycles. The molecule has 0 aliphatic carbocycles. The second kappa shape index (κ2) is 4.81. The van der Waals surface area contributed by atoms with Crippen molar-refractivity contribution < 1.29 is 9.31 Å². The largest absolute Gasteiger partial charge is 0.539 e. The van der Waals surface area contributed by atoms with Gasteiger partial charge in [0.1, 0.15) is 22.1 Å². The molecule has 1 aliphatic heterocycles. The van der Waals surface area contributed by atoms with E-state index in [2.05, 4.69) is 50.1 Å². The van der Waals surface area contributed by atoms with Crippen molar-refractivity contribution in [3.63, 3.8) is 0 Å². The molecule has 0 unspecified atom stereocenters. The number of rotatable bonds is 4. The third-order valence-corrected chi connectivity index (χ3v) is 11.0. The van der Waals surface area contributed by atoms with Gasteiger partial charge in [0.25, 0.3) is 0 Å². The lowest BCUT2D eigenvalue weighted by Gasteiger charge is -2.43. The SMILES string of the molecule is C=C1OB(CN([Si](C)(C)C)[Si](C)(C)C)OC1(C)C. The number of hydrogen-bond acceptors (Lipinski definition) is 3. The van der Waals surface area contributed by atoms with Gasteiger partial charge in [0.15, 0.2) is 0 Å². The van der Waals surface area contributed by atoms with Crippen molar-refractivity contribution in [2.45, 2.75) is 58.7 Å². The molecule has 1 aliphatic rings. The minimum atomic E-state index is -1.35. The molecule has 3 nitrogen and oxygen atoms in total. The zero-order chi connectivity index (χ0) is 14.4. The van der Waals surface area contributed by atoms with Gasteiger partial charge in [0.05, 0.1) is 5.76 Å². The Kier molecular flexibility index (Phi) is 4.28. The van der Waals surface area contributed by atoms with Crippen LogP contribution in [0.25, 0.3) is 0 Å². The van der Waals surface area contributed by atoms with E-state index in [0.29, 0.717) is 0 Å². The first-order valence-electron chi connectivity index (χ1n) is 6.65. The Morgan fingerprint density at radius 1 is 1.11 bits per heavy atom. The van der Waals surface area contributed by atoms with Crippen LogP contribution in [0.15, 0.2) is 12.3 Å². The lowest BCUT2D eigenvalue weighted by molar-refractivity contribution is 0.168. The van der Waals surface area contributed by atoms with Crippen molar-refractivity contribution in [2.24, 2.45) is 0 Å². The highest BCUT2D eigenvalue weighted by molar-refractivity contribution is 6.90. The van der Waals surface area contributed by atoms with Crippen LogP contribution in [0, 0.1) is 0 Å². The maximum absolute atomic E-state index is 5.96. The van der Waals surface area contributed by atoms with E-state index >= 15 is 0 Å². The molecule has 0 aromatic rings. The van der Waals surface area contributed by atoms with Crippen LogP contribution in [0.1, 0.15) is 13.8 Å². The van der Waals surface area contributed by atoms with Crippen LogP contribution in [-0.2, 0) is 9.31 Å². The van der Waals surface area contributed by atoms with Crippen molar-refractivity contribution in [3.05, 3.63) is 12.3 Å². The van der Waals surface area contributed by atoms with E-state index < -0.39 is 16.5 Å². The number of nitrogens with zero attached hydrogens (tertiary/aromatic N) is 1. The van der Waals surface area contributed by atoms with Crippen molar-refractivity contribution in [3.8, 4) is 0 Å². The van der Waals surface area contributed by atoms with E-state index in [1.165, 1.54) is 0 Å². The van der Waals surface area contributed by atoms with Crippen LogP contribution in [0.4, 0.5) is 0 Å². The summed E-state index contributed by atoms with van der Waals surface area (Å²) in [5.74, 6) is 0.749. The summed E-state index contributed by atoms with van der Waals surface area (Å²) in [7, 11) is -2.87. The summed E-state index contributed by atoms with van der Waals surface area (Å²) in [6.07, 6.45) is 0.869. The second-order valence-electron chi connectivity index (χ2n) is 7.55. The molecule has 0 spiro atoms. The lowest BCUT2D eigenvalue weighted by atomic mass is 9.91. The second-order valence-corrected chi connectivity index (χ2v) is 17.8. The van der Waals surface area contributed by atoms with E-state index in [-0.39, 0.29) is 12.7 Å². The molecule has 1 heterocycles. The Labute approximate surface area is 115 Å². The Morgan fingerprint density at radius 2 is 1.56 bits per heavy atom. The summed E-state index contributed by atoms with van der Waals surface area (Å²) in [6, 6.07) is 0. The summed E-state index contributed by atoms with van der Waals surface area (Å²) >= 11 is 0. The molecule has 0 bridgehead atoms. The highest BCUT2D eigenvalue weighted by atomic mass is 28.4. The monoisotopic (exact) mass is 285 g/mol. The molecule has 0 aromatic carbocycles. The fourth-order valence-electron chi connectivity index (χ4n) is 2.50. The summed E-state index contributed by atoms with van der Waals surface area (Å²) in [5.41, 5.74) is -0.352. The van der Waals surface area contributed by atoms with Crippen LogP contribution in [0.3, 0.4) is 0 Å². The van der Waals surface area contributed by atoms with Gasteiger partial charge in [-0.1, -0.05) is 45.9 Å². The molecule has 1 fully saturated rings. The van der Waals surface area contributed by atoms with E-state index in [1.807, 2.05) is 13.8 Å². The predicted molar refractivity (Wildman–Crippen MR) is 84.5 cm³/mol. The highest BCUT2D eigenvalue weighted by Crippen LogP contribution is 2.31. The maximum atomic E-state index is 5.96. The lowest BCUT2D eigenvalue weighted by Crippen LogP contribution is -2.62. The van der Waals surface area contributed by atoms with Crippen molar-refractivity contribution in [1.29, 1.82) is 0 Å². The van der Waals surface area contributed by atoms with Gasteiger partial charge in [-0.25, -0.2) is 0 Å². The molecule has 6 heteroatoms. The average Bonchev–Trinajstić information content (AvgIpc) is 2.33. The van der Waals surface area contributed by atoms with Gasteiger partial charge in [-0.3, -0.25) is 0 Å². The Morgan fingerprint density at radius 3 is 1.83 bits per heavy atom. The summed E-state index contributed by atoms with van der Waals surface area (Å²) in [6.45, 7) is 22.3. The van der Waals surface area contributed by atoms with Gasteiger partial charge in [-0.2, -0.15) is 0 Å². The summed E-state index contributed by atoms with van der Waals surface area (Å²) < 4.78 is 14.4. The third-order valence-electron chi connectivity index (χ3n) is 3.32. The first-order chi connectivity index (χ1) is 7.84. The standard InChI is InChI=1S/C12H28BNO2Si2/c1-11-12(2,3)16-13(15-11)10-14(17(4,5)6)18(7,8)9/h1,10H2,2-9H3. The zero-order valence-electron chi connectivity index (χ0n) is 13.3. The number of hydrogen-bond donors (Lipinski definition) is 0. The Bertz CT molecular complexity index is 320. The minimum absolute atomic E-state index is 0.161. The Hall–Kier alpha value is -0.0413. The molecule has 0 atom stereocenters. The fraction of sp³-hybridized carbons (Fsp3) is 0.833. The smallest absolute Gasteiger partial charge is 0.537 e. The fourth-order valence-corrected chi connectivity index (χ4v) is 11.9. The van der Waals surface area contributed by atoms with Crippen molar-refractivity contribution >= 4 is 23.6 Å². The van der Waals surface area contributed by atoms with Crippen molar-refractivity contribution in [2.75, 3.05) is 6.44 Å². The topological polar surface area (TPSA) is 21.7 Å². The van der Waals surface area contributed by atoms with Gasteiger partial charge in [-0.05, 0) is 13.8 Å². The van der Waals surface area contributed by atoms with E-state index in [9.17, 15) is 0 Å². The van der Waals surface area contributed by atoms with Crippen LogP contribution in [-0.4, -0.2) is 39.9 Å². The molecule has 0 saturated carbocycles. The minimum Gasteiger partial charge on any atom is -0.537 e. The maximum Gasteiger partial charge on any atom is 0.539 e. The first-order valence-corrected chi connectivity index (χ1v) is 13.5. The molecule has 18 heavy (non-hydrogen) atoms. The van der Waals surface area contributed by atoms with Gasteiger partial charge < -0.3 is 13.5 Å². The van der Waals surface area contributed by atoms with Crippen LogP contribution in [0.2, 0.25) is 39.3 Å². The molecule has 0 radical (unpaired) electrons. The molecule has 1 saturated heterocycles. The molecule has 1 rings (SSSR count). The predicted octanol–water partition coefficient (Wildman–Crippen LogP) is 3.32. The Balaban J connectivity index is 2.79. The van der Waals surface area contributed by atoms with E-state index in [4.69, 9.17) is 9.31 Å². The molecule has 0 N–H and O–H groups in total. The molecule has 0 amide bonds. The van der Waals surface area contributed by atoms with E-state index in [1.54, 1.807) is 0 Å². The van der Waals surface area contributed by atoms with Gasteiger partial charge in [-0.15, -0.1) is 0 Å². The summed E-state index contributed by atoms with van der Waals surface area (Å²) in [4.78, 5) is 0. The normalized spacial score (nSPS) is 20.5. The van der Waals surface area contributed by atoms with Crippen LogP contribution in [0.5, 0.6) is 0 Å². The quantitative estimate of drug-likeness (QED) is 0.740. The van der Waals surface area contributed by atoms with Gasteiger partial charge >= 0.3 is 7.12 Å². The zero-order valence-corrected chi connectivity index (χ0v) is 15.3. The molecular formula is C12H28BNO2Si2. The summed E-state index contributed by atoms with van der Waals surface area (Å²) in [5, 5.41) is 0. The molecule has 104 valence electrons.